The van der Waals surface area contributed by atoms with E-state index < -0.39 is 0 Å². The number of hydrogen-bond donors (Lipinski definition) is 1. The van der Waals surface area contributed by atoms with Crippen molar-refractivity contribution in [2.75, 3.05) is 12.5 Å². The van der Waals surface area contributed by atoms with Crippen LogP contribution in [0.2, 0.25) is 0 Å². The number of pyridine rings is 1. The Labute approximate surface area is 144 Å². The van der Waals surface area contributed by atoms with E-state index in [1.54, 1.807) is 7.05 Å². The van der Waals surface area contributed by atoms with E-state index in [-0.39, 0.29) is 5.56 Å². The predicted octanol–water partition coefficient (Wildman–Crippen LogP) is 3.02. The molecule has 0 saturated heterocycles. The summed E-state index contributed by atoms with van der Waals surface area (Å²) in [5.41, 5.74) is 6.69. The number of nitrogens with one attached hydrogen (secondary N) is 1. The summed E-state index contributed by atoms with van der Waals surface area (Å²) in [6, 6.07) is 14.1. The van der Waals surface area contributed by atoms with Gasteiger partial charge in [-0.25, -0.2) is 9.66 Å². The highest BCUT2D eigenvalue weighted by Gasteiger charge is 2.12. The zero-order valence-electron chi connectivity index (χ0n) is 14.2. The second kappa shape index (κ2) is 6.02. The smallest absolute Gasteiger partial charge is 0.279 e. The van der Waals surface area contributed by atoms with Gasteiger partial charge in [-0.15, -0.1) is 0 Å². The van der Waals surface area contributed by atoms with E-state index in [0.29, 0.717) is 5.39 Å². The maximum absolute atomic E-state index is 12.7. The maximum atomic E-state index is 12.7. The van der Waals surface area contributed by atoms with E-state index in [1.165, 1.54) is 11.0 Å². The zero-order valence-corrected chi connectivity index (χ0v) is 14.2. The van der Waals surface area contributed by atoms with Crippen molar-refractivity contribution < 1.29 is 0 Å². The topological polar surface area (TPSA) is 59.8 Å². The molecule has 2 aromatic carbocycles. The highest BCUT2D eigenvalue weighted by atomic mass is 16.1. The molecule has 4 aromatic rings. The minimum absolute atomic E-state index is 0.0958. The van der Waals surface area contributed by atoms with Gasteiger partial charge in [0.05, 0.1) is 10.9 Å². The molecule has 2 heterocycles. The first-order chi connectivity index (χ1) is 12.2. The number of benzene rings is 2. The number of rotatable bonds is 3. The number of hydrogen-bond acceptors (Lipinski definition) is 4. The molecule has 0 atom stereocenters. The van der Waals surface area contributed by atoms with Crippen LogP contribution in [0.5, 0.6) is 0 Å². The van der Waals surface area contributed by atoms with Gasteiger partial charge in [-0.3, -0.25) is 9.78 Å². The second-order valence-electron chi connectivity index (χ2n) is 6.11. The van der Waals surface area contributed by atoms with E-state index in [1.807, 2.05) is 43.5 Å². The molecule has 0 spiro atoms. The van der Waals surface area contributed by atoms with Crippen molar-refractivity contribution in [3.05, 3.63) is 82.2 Å². The van der Waals surface area contributed by atoms with Gasteiger partial charge in [-0.1, -0.05) is 30.3 Å². The fourth-order valence-corrected chi connectivity index (χ4v) is 3.16. The van der Waals surface area contributed by atoms with E-state index in [4.69, 9.17) is 0 Å². The molecule has 0 unspecified atom stereocenters. The van der Waals surface area contributed by atoms with Gasteiger partial charge < -0.3 is 5.43 Å². The minimum Gasteiger partial charge on any atom is -0.325 e. The molecule has 0 radical (unpaired) electrons. The summed E-state index contributed by atoms with van der Waals surface area (Å²) < 4.78 is 1.40. The normalized spacial score (nSPS) is 11.1. The first kappa shape index (κ1) is 15.3. The van der Waals surface area contributed by atoms with E-state index >= 15 is 0 Å². The SMILES string of the molecule is CNn1cnc2c(cc(Cc3ccc(C)nc3)c3ccccc32)c1=O. The molecule has 5 heteroatoms. The third-order valence-corrected chi connectivity index (χ3v) is 4.46. The molecule has 0 saturated carbocycles. The minimum atomic E-state index is -0.0958. The fourth-order valence-electron chi connectivity index (χ4n) is 3.16. The number of fused-ring (bicyclic) bond motifs is 3. The fraction of sp³-hybridized carbons (Fsp3) is 0.150. The van der Waals surface area contributed by atoms with E-state index in [2.05, 4.69) is 27.5 Å². The average molecular weight is 330 g/mol. The maximum Gasteiger partial charge on any atom is 0.279 e. The third kappa shape index (κ3) is 2.63. The molecule has 0 bridgehead atoms. The summed E-state index contributed by atoms with van der Waals surface area (Å²) in [6.45, 7) is 1.97. The molecule has 4 rings (SSSR count). The molecule has 0 aliphatic rings. The standard InChI is InChI=1S/C20H18N4O/c1-13-7-8-14(11-22-13)9-15-10-18-19(17-6-4-3-5-16(15)17)23-12-24(21-2)20(18)25/h3-8,10-12,21H,9H2,1-2H3. The molecule has 1 N–H and O–H groups in total. The molecule has 124 valence electrons. The Hall–Kier alpha value is -3.21. The number of nitrogens with zero attached hydrogens (tertiary/aromatic N) is 3. The molecular formula is C20H18N4O. The van der Waals surface area contributed by atoms with Crippen molar-refractivity contribution in [1.82, 2.24) is 14.6 Å². The van der Waals surface area contributed by atoms with Gasteiger partial charge in [0.15, 0.2) is 0 Å². The predicted molar refractivity (Wildman–Crippen MR) is 101 cm³/mol. The average Bonchev–Trinajstić information content (AvgIpc) is 2.64. The van der Waals surface area contributed by atoms with Gasteiger partial charge in [0.2, 0.25) is 0 Å². The van der Waals surface area contributed by atoms with Crippen LogP contribution in [-0.4, -0.2) is 21.7 Å². The summed E-state index contributed by atoms with van der Waals surface area (Å²) in [6.07, 6.45) is 4.14. The lowest BCUT2D eigenvalue weighted by atomic mass is 9.96. The van der Waals surface area contributed by atoms with Crippen molar-refractivity contribution in [3.8, 4) is 0 Å². The van der Waals surface area contributed by atoms with Crippen molar-refractivity contribution in [1.29, 1.82) is 0 Å². The molecule has 2 aromatic heterocycles. The van der Waals surface area contributed by atoms with Crippen molar-refractivity contribution in [2.45, 2.75) is 13.3 Å². The molecule has 0 aliphatic carbocycles. The molecule has 25 heavy (non-hydrogen) atoms. The van der Waals surface area contributed by atoms with Gasteiger partial charge in [-0.2, -0.15) is 0 Å². The molecule has 0 aliphatic heterocycles. The largest absolute Gasteiger partial charge is 0.325 e. The van der Waals surface area contributed by atoms with Crippen LogP contribution in [0.3, 0.4) is 0 Å². The summed E-state index contributed by atoms with van der Waals surface area (Å²) >= 11 is 0. The molecule has 0 fully saturated rings. The van der Waals surface area contributed by atoms with Gasteiger partial charge in [0.1, 0.15) is 6.33 Å². The summed E-state index contributed by atoms with van der Waals surface area (Å²) in [4.78, 5) is 21.6. The quantitative estimate of drug-likeness (QED) is 0.587. The number of aryl methyl sites for hydroxylation is 1. The monoisotopic (exact) mass is 330 g/mol. The first-order valence-electron chi connectivity index (χ1n) is 8.18. The summed E-state index contributed by atoms with van der Waals surface area (Å²) in [5, 5.41) is 2.73. The van der Waals surface area contributed by atoms with Crippen LogP contribution in [-0.2, 0) is 6.42 Å². The van der Waals surface area contributed by atoms with Crippen molar-refractivity contribution in [3.63, 3.8) is 0 Å². The van der Waals surface area contributed by atoms with Crippen LogP contribution < -0.4 is 11.0 Å². The Balaban J connectivity index is 1.99. The summed E-state index contributed by atoms with van der Waals surface area (Å²) in [5.74, 6) is 0. The Morgan fingerprint density at radius 2 is 1.84 bits per heavy atom. The highest BCUT2D eigenvalue weighted by molar-refractivity contribution is 6.06. The first-order valence-corrected chi connectivity index (χ1v) is 8.18. The molecular weight excluding hydrogens is 312 g/mol. The highest BCUT2D eigenvalue weighted by Crippen LogP contribution is 2.27. The lowest BCUT2D eigenvalue weighted by Crippen LogP contribution is -2.26. The van der Waals surface area contributed by atoms with Crippen LogP contribution in [0.25, 0.3) is 21.7 Å². The second-order valence-corrected chi connectivity index (χ2v) is 6.11. The lowest BCUT2D eigenvalue weighted by Gasteiger charge is -2.11. The third-order valence-electron chi connectivity index (χ3n) is 4.46. The summed E-state index contributed by atoms with van der Waals surface area (Å²) in [7, 11) is 1.70. The van der Waals surface area contributed by atoms with Crippen LogP contribution in [0.15, 0.2) is 59.8 Å². The van der Waals surface area contributed by atoms with Crippen molar-refractivity contribution >= 4 is 21.7 Å². The van der Waals surface area contributed by atoms with Gasteiger partial charge in [-0.05, 0) is 42.0 Å². The van der Waals surface area contributed by atoms with E-state index in [9.17, 15) is 4.79 Å². The van der Waals surface area contributed by atoms with Crippen LogP contribution in [0.1, 0.15) is 16.8 Å². The Morgan fingerprint density at radius 1 is 1.04 bits per heavy atom. The van der Waals surface area contributed by atoms with Gasteiger partial charge >= 0.3 is 0 Å². The molecule has 5 nitrogen and oxygen atoms in total. The Bertz CT molecular complexity index is 1130. The van der Waals surface area contributed by atoms with E-state index in [0.717, 1.165) is 39.5 Å². The number of aromatic nitrogens is 3. The van der Waals surface area contributed by atoms with Crippen LogP contribution in [0, 0.1) is 6.92 Å². The zero-order chi connectivity index (χ0) is 17.4. The molecule has 0 amide bonds. The van der Waals surface area contributed by atoms with Crippen LogP contribution in [0.4, 0.5) is 0 Å². The van der Waals surface area contributed by atoms with Gasteiger partial charge in [0, 0.05) is 24.3 Å². The van der Waals surface area contributed by atoms with Gasteiger partial charge in [0.25, 0.3) is 5.56 Å². The van der Waals surface area contributed by atoms with Crippen LogP contribution >= 0.6 is 0 Å². The van der Waals surface area contributed by atoms with Crippen molar-refractivity contribution in [2.24, 2.45) is 0 Å². The Morgan fingerprint density at radius 3 is 2.56 bits per heavy atom. The lowest BCUT2D eigenvalue weighted by molar-refractivity contribution is 0.855. The Kier molecular flexibility index (Phi) is 3.69.